The van der Waals surface area contributed by atoms with Crippen LogP contribution in [-0.2, 0) is 0 Å². The van der Waals surface area contributed by atoms with Crippen molar-refractivity contribution >= 4 is 34.0 Å². The molecule has 4 heteroatoms. The smallest absolute Gasteiger partial charge is 0.145 e. The summed E-state index contributed by atoms with van der Waals surface area (Å²) in [6, 6.07) is 9.81. The van der Waals surface area contributed by atoms with Crippen molar-refractivity contribution in [2.75, 3.05) is 19.6 Å². The summed E-state index contributed by atoms with van der Waals surface area (Å²) in [4.78, 5) is 0. The van der Waals surface area contributed by atoms with E-state index in [1.807, 2.05) is 30.3 Å². The van der Waals surface area contributed by atoms with E-state index in [1.165, 1.54) is 0 Å². The molecule has 2 aromatic rings. The van der Waals surface area contributed by atoms with E-state index in [9.17, 15) is 0 Å². The van der Waals surface area contributed by atoms with Crippen molar-refractivity contribution < 1.29 is 9.47 Å². The van der Waals surface area contributed by atoms with Crippen molar-refractivity contribution in [2.24, 2.45) is 0 Å². The first kappa shape index (κ1) is 16.3. The number of hydrogen-bond acceptors (Lipinski definition) is 2. The van der Waals surface area contributed by atoms with E-state index < -0.39 is 0 Å². The SMILES string of the molecule is COc1c(Cl)cc(OCCCCCCCl)c2ccccc12. The number of alkyl halides is 1. The highest BCUT2D eigenvalue weighted by atomic mass is 35.5. The van der Waals surface area contributed by atoms with Crippen LogP contribution < -0.4 is 9.47 Å². The Balaban J connectivity index is 2.09. The van der Waals surface area contributed by atoms with Gasteiger partial charge in [0.1, 0.15) is 11.5 Å². The third-order valence-corrected chi connectivity index (χ3v) is 3.95. The summed E-state index contributed by atoms with van der Waals surface area (Å²) in [5, 5.41) is 2.58. The molecule has 0 aromatic heterocycles. The first-order chi connectivity index (χ1) is 10.3. The Morgan fingerprint density at radius 1 is 1.00 bits per heavy atom. The summed E-state index contributed by atoms with van der Waals surface area (Å²) in [6.07, 6.45) is 4.37. The molecule has 0 bridgehead atoms. The molecule has 0 atom stereocenters. The summed E-state index contributed by atoms with van der Waals surface area (Å²) in [6.45, 7) is 0.689. The third-order valence-electron chi connectivity index (χ3n) is 3.40. The second-order valence-corrected chi connectivity index (χ2v) is 5.67. The van der Waals surface area contributed by atoms with E-state index in [0.717, 1.165) is 48.1 Å². The van der Waals surface area contributed by atoms with Crippen molar-refractivity contribution in [1.82, 2.24) is 0 Å². The molecule has 0 radical (unpaired) electrons. The van der Waals surface area contributed by atoms with Crippen LogP contribution in [0.15, 0.2) is 30.3 Å². The first-order valence-corrected chi connectivity index (χ1v) is 8.13. The van der Waals surface area contributed by atoms with Gasteiger partial charge in [0.25, 0.3) is 0 Å². The van der Waals surface area contributed by atoms with Gasteiger partial charge >= 0.3 is 0 Å². The number of ether oxygens (including phenoxy) is 2. The van der Waals surface area contributed by atoms with E-state index in [0.29, 0.717) is 17.4 Å². The van der Waals surface area contributed by atoms with Crippen molar-refractivity contribution in [1.29, 1.82) is 0 Å². The number of rotatable bonds is 8. The molecule has 0 aliphatic rings. The fraction of sp³-hybridized carbons (Fsp3) is 0.412. The fourth-order valence-electron chi connectivity index (χ4n) is 2.34. The lowest BCUT2D eigenvalue weighted by molar-refractivity contribution is 0.308. The fourth-order valence-corrected chi connectivity index (χ4v) is 2.81. The molecule has 2 rings (SSSR count). The molecule has 114 valence electrons. The summed E-state index contributed by atoms with van der Waals surface area (Å²) in [5.41, 5.74) is 0. The maximum atomic E-state index is 6.27. The highest BCUT2D eigenvalue weighted by Gasteiger charge is 2.11. The van der Waals surface area contributed by atoms with E-state index in [1.54, 1.807) is 7.11 Å². The molecule has 0 aliphatic carbocycles. The lowest BCUT2D eigenvalue weighted by Gasteiger charge is -2.13. The van der Waals surface area contributed by atoms with Gasteiger partial charge in [-0.2, -0.15) is 0 Å². The van der Waals surface area contributed by atoms with Gasteiger partial charge in [-0.15, -0.1) is 11.6 Å². The van der Waals surface area contributed by atoms with Gasteiger partial charge in [-0.3, -0.25) is 0 Å². The van der Waals surface area contributed by atoms with Crippen molar-refractivity contribution in [3.05, 3.63) is 35.4 Å². The molecule has 2 aromatic carbocycles. The molecular formula is C17H20Cl2O2. The van der Waals surface area contributed by atoms with E-state index in [4.69, 9.17) is 32.7 Å². The van der Waals surface area contributed by atoms with E-state index in [2.05, 4.69) is 0 Å². The zero-order chi connectivity index (χ0) is 15.1. The number of halogens is 2. The number of fused-ring (bicyclic) bond motifs is 1. The topological polar surface area (TPSA) is 18.5 Å². The first-order valence-electron chi connectivity index (χ1n) is 7.22. The largest absolute Gasteiger partial charge is 0.495 e. The Labute approximate surface area is 136 Å². The van der Waals surface area contributed by atoms with Gasteiger partial charge in [0, 0.05) is 22.7 Å². The molecule has 21 heavy (non-hydrogen) atoms. The maximum absolute atomic E-state index is 6.27. The summed E-state index contributed by atoms with van der Waals surface area (Å²) in [5.74, 6) is 2.25. The maximum Gasteiger partial charge on any atom is 0.145 e. The number of benzene rings is 2. The van der Waals surface area contributed by atoms with Crippen LogP contribution in [0.4, 0.5) is 0 Å². The Kier molecular flexibility index (Phi) is 6.47. The molecule has 0 aliphatic heterocycles. The van der Waals surface area contributed by atoms with Crippen LogP contribution in [0.3, 0.4) is 0 Å². The van der Waals surface area contributed by atoms with Crippen LogP contribution in [0.5, 0.6) is 11.5 Å². The Hall–Kier alpha value is -1.12. The lowest BCUT2D eigenvalue weighted by atomic mass is 10.1. The minimum atomic E-state index is 0.577. The number of unbranched alkanes of at least 4 members (excludes halogenated alkanes) is 3. The highest BCUT2D eigenvalue weighted by Crippen LogP contribution is 2.39. The molecule has 0 amide bonds. The zero-order valence-electron chi connectivity index (χ0n) is 12.2. The minimum absolute atomic E-state index is 0.577. The third kappa shape index (κ3) is 4.18. The van der Waals surface area contributed by atoms with Crippen LogP contribution in [0.25, 0.3) is 10.8 Å². The molecule has 0 fully saturated rings. The van der Waals surface area contributed by atoms with Crippen LogP contribution >= 0.6 is 23.2 Å². The Morgan fingerprint density at radius 2 is 1.71 bits per heavy atom. The van der Waals surface area contributed by atoms with Crippen LogP contribution in [0.2, 0.25) is 5.02 Å². The molecule has 0 heterocycles. The molecular weight excluding hydrogens is 307 g/mol. The van der Waals surface area contributed by atoms with Gasteiger partial charge in [-0.25, -0.2) is 0 Å². The molecule has 0 saturated carbocycles. The van der Waals surface area contributed by atoms with Gasteiger partial charge in [0.2, 0.25) is 0 Å². The predicted octanol–water partition coefficient (Wildman–Crippen LogP) is 5.68. The average Bonchev–Trinajstić information content (AvgIpc) is 2.51. The summed E-state index contributed by atoms with van der Waals surface area (Å²) in [7, 11) is 1.63. The van der Waals surface area contributed by atoms with E-state index >= 15 is 0 Å². The molecule has 0 saturated heterocycles. The van der Waals surface area contributed by atoms with Crippen molar-refractivity contribution in [2.45, 2.75) is 25.7 Å². The van der Waals surface area contributed by atoms with Gasteiger partial charge < -0.3 is 9.47 Å². The molecule has 0 N–H and O–H groups in total. The number of hydrogen-bond donors (Lipinski definition) is 0. The van der Waals surface area contributed by atoms with Gasteiger partial charge in [-0.05, 0) is 12.8 Å². The average molecular weight is 327 g/mol. The van der Waals surface area contributed by atoms with Crippen molar-refractivity contribution in [3.8, 4) is 11.5 Å². The van der Waals surface area contributed by atoms with Gasteiger partial charge in [-0.1, -0.05) is 48.7 Å². The Bertz CT molecular complexity index is 584. The van der Waals surface area contributed by atoms with Gasteiger partial charge in [0.15, 0.2) is 0 Å². The Morgan fingerprint density at radius 3 is 2.43 bits per heavy atom. The standard InChI is InChI=1S/C17H20Cl2O2/c1-20-17-14-9-5-4-8-13(14)16(12-15(17)19)21-11-7-3-2-6-10-18/h4-5,8-9,12H,2-3,6-7,10-11H2,1H3. The monoisotopic (exact) mass is 326 g/mol. The van der Waals surface area contributed by atoms with Crippen LogP contribution in [0.1, 0.15) is 25.7 Å². The predicted molar refractivity (Wildman–Crippen MR) is 90.2 cm³/mol. The second kappa shape index (κ2) is 8.35. The van der Waals surface area contributed by atoms with Gasteiger partial charge in [0.05, 0.1) is 18.7 Å². The quantitative estimate of drug-likeness (QED) is 0.459. The van der Waals surface area contributed by atoms with Crippen LogP contribution in [0, 0.1) is 0 Å². The summed E-state index contributed by atoms with van der Waals surface area (Å²) >= 11 is 11.9. The van der Waals surface area contributed by atoms with Crippen molar-refractivity contribution in [3.63, 3.8) is 0 Å². The summed E-state index contributed by atoms with van der Waals surface area (Å²) < 4.78 is 11.3. The zero-order valence-corrected chi connectivity index (χ0v) is 13.7. The molecule has 0 unspecified atom stereocenters. The second-order valence-electron chi connectivity index (χ2n) is 4.89. The molecule has 0 spiro atoms. The highest BCUT2D eigenvalue weighted by molar-refractivity contribution is 6.33. The lowest BCUT2D eigenvalue weighted by Crippen LogP contribution is -1.99. The van der Waals surface area contributed by atoms with E-state index in [-0.39, 0.29) is 0 Å². The number of methoxy groups -OCH3 is 1. The molecule has 2 nitrogen and oxygen atoms in total. The van der Waals surface area contributed by atoms with Crippen LogP contribution in [-0.4, -0.2) is 19.6 Å². The normalized spacial score (nSPS) is 10.8. The minimum Gasteiger partial charge on any atom is -0.495 e.